The van der Waals surface area contributed by atoms with Crippen molar-refractivity contribution in [3.05, 3.63) is 0 Å². The maximum Gasteiger partial charge on any atom is 0.209 e. The molecule has 0 aromatic carbocycles. The average Bonchev–Trinajstić information content (AvgIpc) is 2.34. The summed E-state index contributed by atoms with van der Waals surface area (Å²) in [6.07, 6.45) is 2.41. The minimum absolute atomic E-state index is 0.264. The van der Waals surface area contributed by atoms with Gasteiger partial charge in [-0.1, -0.05) is 0 Å². The summed E-state index contributed by atoms with van der Waals surface area (Å²) in [5.74, 6) is 0. The van der Waals surface area contributed by atoms with Gasteiger partial charge < -0.3 is 9.64 Å². The zero-order valence-corrected chi connectivity index (χ0v) is 7.12. The molecule has 0 unspecified atom stereocenters. The van der Waals surface area contributed by atoms with Crippen molar-refractivity contribution in [2.24, 2.45) is 0 Å². The van der Waals surface area contributed by atoms with E-state index < -0.39 is 0 Å². The lowest BCUT2D eigenvalue weighted by atomic mass is 10.3. The van der Waals surface area contributed by atoms with Crippen LogP contribution in [0.5, 0.6) is 0 Å². The lowest BCUT2D eigenvalue weighted by Crippen LogP contribution is -2.23. The van der Waals surface area contributed by atoms with Crippen molar-refractivity contribution >= 4 is 6.41 Å². The fourth-order valence-electron chi connectivity index (χ4n) is 1.35. The van der Waals surface area contributed by atoms with E-state index in [2.05, 4.69) is 0 Å². The van der Waals surface area contributed by atoms with Gasteiger partial charge in [0.2, 0.25) is 6.41 Å². The second-order valence-corrected chi connectivity index (χ2v) is 3.20. The standard InChI is InChI=1S/C8H15NO2/c1-7(2)11-8-3-4-9(5-8)6-10/h6-8H,3-5H2,1-2H3/t8-/m0/s1. The Balaban J connectivity index is 2.24. The van der Waals surface area contributed by atoms with E-state index in [0.717, 1.165) is 25.9 Å². The van der Waals surface area contributed by atoms with Crippen LogP contribution in [0.25, 0.3) is 0 Å². The van der Waals surface area contributed by atoms with Crippen LogP contribution < -0.4 is 0 Å². The first-order valence-corrected chi connectivity index (χ1v) is 4.07. The first-order chi connectivity index (χ1) is 5.22. The molecule has 1 rings (SSSR count). The SMILES string of the molecule is CC(C)O[C@H]1CCN(C=O)C1. The molecule has 3 nitrogen and oxygen atoms in total. The van der Waals surface area contributed by atoms with Gasteiger partial charge in [-0.3, -0.25) is 4.79 Å². The maximum atomic E-state index is 10.3. The minimum atomic E-state index is 0.264. The molecule has 0 radical (unpaired) electrons. The molecule has 0 spiro atoms. The molecule has 0 aromatic rings. The number of likely N-dealkylation sites (tertiary alicyclic amines) is 1. The third kappa shape index (κ3) is 2.50. The molecule has 1 heterocycles. The molecule has 64 valence electrons. The molecule has 0 saturated carbocycles. The van der Waals surface area contributed by atoms with Gasteiger partial charge >= 0.3 is 0 Å². The summed E-state index contributed by atoms with van der Waals surface area (Å²) < 4.78 is 5.54. The lowest BCUT2D eigenvalue weighted by molar-refractivity contribution is -0.117. The highest BCUT2D eigenvalue weighted by atomic mass is 16.5. The molecule has 0 aromatic heterocycles. The Morgan fingerprint density at radius 3 is 2.82 bits per heavy atom. The number of amides is 1. The Labute approximate surface area is 67.3 Å². The van der Waals surface area contributed by atoms with E-state index in [4.69, 9.17) is 4.74 Å². The minimum Gasteiger partial charge on any atom is -0.374 e. The largest absolute Gasteiger partial charge is 0.374 e. The first kappa shape index (κ1) is 8.53. The molecule has 1 saturated heterocycles. The molecule has 0 aliphatic carbocycles. The molecule has 1 aliphatic rings. The van der Waals surface area contributed by atoms with Gasteiger partial charge in [0.1, 0.15) is 0 Å². The number of hydrogen-bond donors (Lipinski definition) is 0. The van der Waals surface area contributed by atoms with E-state index in [1.54, 1.807) is 4.90 Å². The van der Waals surface area contributed by atoms with E-state index >= 15 is 0 Å². The molecule has 1 aliphatic heterocycles. The molecule has 11 heavy (non-hydrogen) atoms. The van der Waals surface area contributed by atoms with E-state index in [0.29, 0.717) is 0 Å². The van der Waals surface area contributed by atoms with Gasteiger partial charge in [0.05, 0.1) is 12.2 Å². The summed E-state index contributed by atoms with van der Waals surface area (Å²) >= 11 is 0. The smallest absolute Gasteiger partial charge is 0.209 e. The van der Waals surface area contributed by atoms with Crippen LogP contribution in [-0.4, -0.2) is 36.6 Å². The van der Waals surface area contributed by atoms with Crippen LogP contribution >= 0.6 is 0 Å². The van der Waals surface area contributed by atoms with Gasteiger partial charge in [-0.25, -0.2) is 0 Å². The monoisotopic (exact) mass is 157 g/mol. The summed E-state index contributed by atoms with van der Waals surface area (Å²) in [6.45, 7) is 5.65. The Morgan fingerprint density at radius 2 is 2.36 bits per heavy atom. The molecule has 0 bridgehead atoms. The van der Waals surface area contributed by atoms with Crippen molar-refractivity contribution in [2.75, 3.05) is 13.1 Å². The Bertz CT molecular complexity index is 136. The molecule has 0 N–H and O–H groups in total. The van der Waals surface area contributed by atoms with Crippen molar-refractivity contribution in [3.8, 4) is 0 Å². The third-order valence-electron chi connectivity index (χ3n) is 1.79. The number of ether oxygens (including phenoxy) is 1. The fourth-order valence-corrected chi connectivity index (χ4v) is 1.35. The van der Waals surface area contributed by atoms with Crippen LogP contribution in [0.3, 0.4) is 0 Å². The van der Waals surface area contributed by atoms with Gasteiger partial charge in [-0.2, -0.15) is 0 Å². The molecule has 3 heteroatoms. The zero-order valence-electron chi connectivity index (χ0n) is 7.12. The normalized spacial score (nSPS) is 24.6. The summed E-state index contributed by atoms with van der Waals surface area (Å²) in [5.41, 5.74) is 0. The highest BCUT2D eigenvalue weighted by Gasteiger charge is 2.22. The van der Waals surface area contributed by atoms with Gasteiger partial charge in [-0.05, 0) is 20.3 Å². The van der Waals surface area contributed by atoms with Crippen LogP contribution in [-0.2, 0) is 9.53 Å². The van der Waals surface area contributed by atoms with Crippen molar-refractivity contribution in [2.45, 2.75) is 32.5 Å². The zero-order chi connectivity index (χ0) is 8.27. The van der Waals surface area contributed by atoms with Gasteiger partial charge in [-0.15, -0.1) is 0 Å². The topological polar surface area (TPSA) is 29.5 Å². The second-order valence-electron chi connectivity index (χ2n) is 3.20. The highest BCUT2D eigenvalue weighted by Crippen LogP contribution is 2.12. The first-order valence-electron chi connectivity index (χ1n) is 4.07. The molecular weight excluding hydrogens is 142 g/mol. The van der Waals surface area contributed by atoms with Crippen molar-refractivity contribution in [1.82, 2.24) is 4.90 Å². The quantitative estimate of drug-likeness (QED) is 0.563. The predicted octanol–water partition coefficient (Wildman–Crippen LogP) is 0.642. The number of hydrogen-bond acceptors (Lipinski definition) is 2. The maximum absolute atomic E-state index is 10.3. The highest BCUT2D eigenvalue weighted by molar-refractivity contribution is 5.47. The third-order valence-corrected chi connectivity index (χ3v) is 1.79. The van der Waals surface area contributed by atoms with E-state index in [1.165, 1.54) is 0 Å². The molecule has 1 atom stereocenters. The number of rotatable bonds is 3. The van der Waals surface area contributed by atoms with Crippen LogP contribution in [0.2, 0.25) is 0 Å². The summed E-state index contributed by atoms with van der Waals surface area (Å²) in [7, 11) is 0. The Kier molecular flexibility index (Phi) is 2.88. The molecule has 1 amide bonds. The average molecular weight is 157 g/mol. The molecule has 1 fully saturated rings. The van der Waals surface area contributed by atoms with Gasteiger partial charge in [0.25, 0.3) is 0 Å². The van der Waals surface area contributed by atoms with Crippen LogP contribution in [0, 0.1) is 0 Å². The fraction of sp³-hybridized carbons (Fsp3) is 0.875. The molecular formula is C8H15NO2. The summed E-state index contributed by atoms with van der Waals surface area (Å²) in [5, 5.41) is 0. The van der Waals surface area contributed by atoms with Crippen molar-refractivity contribution in [1.29, 1.82) is 0 Å². The van der Waals surface area contributed by atoms with Crippen LogP contribution in [0.15, 0.2) is 0 Å². The van der Waals surface area contributed by atoms with E-state index in [1.807, 2.05) is 13.8 Å². The number of carbonyl (C=O) groups is 1. The Hall–Kier alpha value is -0.570. The Morgan fingerprint density at radius 1 is 1.64 bits per heavy atom. The van der Waals surface area contributed by atoms with Crippen LogP contribution in [0.1, 0.15) is 20.3 Å². The lowest BCUT2D eigenvalue weighted by Gasteiger charge is -2.14. The predicted molar refractivity (Wildman–Crippen MR) is 42.3 cm³/mol. The summed E-state index contributed by atoms with van der Waals surface area (Å²) in [6, 6.07) is 0. The number of carbonyl (C=O) groups excluding carboxylic acids is 1. The van der Waals surface area contributed by atoms with E-state index in [9.17, 15) is 4.79 Å². The van der Waals surface area contributed by atoms with Crippen molar-refractivity contribution in [3.63, 3.8) is 0 Å². The van der Waals surface area contributed by atoms with Crippen molar-refractivity contribution < 1.29 is 9.53 Å². The van der Waals surface area contributed by atoms with Gasteiger partial charge in [0.15, 0.2) is 0 Å². The second kappa shape index (κ2) is 3.72. The number of nitrogens with zero attached hydrogens (tertiary/aromatic N) is 1. The van der Waals surface area contributed by atoms with Gasteiger partial charge in [0, 0.05) is 13.1 Å². The van der Waals surface area contributed by atoms with Crippen LogP contribution in [0.4, 0.5) is 0 Å². The summed E-state index contributed by atoms with van der Waals surface area (Å²) in [4.78, 5) is 12.1. The van der Waals surface area contributed by atoms with E-state index in [-0.39, 0.29) is 12.2 Å².